The summed E-state index contributed by atoms with van der Waals surface area (Å²) in [6.45, 7) is 4.80. The van der Waals surface area contributed by atoms with Gasteiger partial charge in [0.15, 0.2) is 0 Å². The van der Waals surface area contributed by atoms with E-state index in [1.54, 1.807) is 0 Å². The molecule has 0 spiro atoms. The molecule has 3 nitrogen and oxygen atoms in total. The van der Waals surface area contributed by atoms with E-state index in [4.69, 9.17) is 0 Å². The molecule has 0 saturated carbocycles. The molecular formula is C12H13F2N3S. The van der Waals surface area contributed by atoms with Crippen molar-refractivity contribution in [2.24, 2.45) is 0 Å². The van der Waals surface area contributed by atoms with E-state index < -0.39 is 11.6 Å². The molecule has 2 aromatic rings. The fourth-order valence-electron chi connectivity index (χ4n) is 1.60. The number of hydrogen-bond acceptors (Lipinski definition) is 4. The van der Waals surface area contributed by atoms with Gasteiger partial charge in [-0.15, -0.1) is 10.2 Å². The highest BCUT2D eigenvalue weighted by atomic mass is 32.1. The van der Waals surface area contributed by atoms with Crippen LogP contribution in [0.4, 0.5) is 8.78 Å². The molecule has 0 aliphatic rings. The van der Waals surface area contributed by atoms with E-state index >= 15 is 0 Å². The lowest BCUT2D eigenvalue weighted by Gasteiger charge is -2.06. The van der Waals surface area contributed by atoms with Gasteiger partial charge in [-0.3, -0.25) is 0 Å². The van der Waals surface area contributed by atoms with E-state index in [9.17, 15) is 8.78 Å². The number of halogens is 2. The van der Waals surface area contributed by atoms with E-state index in [-0.39, 0.29) is 6.04 Å². The van der Waals surface area contributed by atoms with Crippen LogP contribution in [0.1, 0.15) is 24.9 Å². The molecule has 6 heteroatoms. The van der Waals surface area contributed by atoms with Gasteiger partial charge in [0.05, 0.1) is 6.04 Å². The average Bonchev–Trinajstić information content (AvgIpc) is 2.77. The zero-order chi connectivity index (χ0) is 13.1. The molecule has 2 rings (SSSR count). The van der Waals surface area contributed by atoms with Crippen LogP contribution >= 0.6 is 11.3 Å². The van der Waals surface area contributed by atoms with Crippen LogP contribution in [-0.2, 0) is 0 Å². The van der Waals surface area contributed by atoms with Crippen LogP contribution in [0.5, 0.6) is 0 Å². The Labute approximate surface area is 108 Å². The largest absolute Gasteiger partial charge is 0.308 e. The Hall–Kier alpha value is -1.40. The second-order valence-corrected chi connectivity index (χ2v) is 4.89. The van der Waals surface area contributed by atoms with Crippen LogP contribution in [0.2, 0.25) is 0 Å². The second kappa shape index (κ2) is 5.49. The Morgan fingerprint density at radius 3 is 2.50 bits per heavy atom. The lowest BCUT2D eigenvalue weighted by atomic mass is 10.2. The van der Waals surface area contributed by atoms with Gasteiger partial charge in [-0.05, 0) is 25.6 Å². The predicted molar refractivity (Wildman–Crippen MR) is 67.4 cm³/mol. The van der Waals surface area contributed by atoms with Gasteiger partial charge in [0.25, 0.3) is 0 Å². The number of nitrogens with one attached hydrogen (secondary N) is 1. The van der Waals surface area contributed by atoms with Gasteiger partial charge >= 0.3 is 0 Å². The Kier molecular flexibility index (Phi) is 3.98. The normalized spacial score (nSPS) is 12.7. The molecule has 0 saturated heterocycles. The quantitative estimate of drug-likeness (QED) is 0.926. The molecule has 1 heterocycles. The highest BCUT2D eigenvalue weighted by Crippen LogP contribution is 2.27. The maximum absolute atomic E-state index is 13.1. The van der Waals surface area contributed by atoms with Crippen LogP contribution in [0.15, 0.2) is 18.2 Å². The van der Waals surface area contributed by atoms with Crippen molar-refractivity contribution in [3.63, 3.8) is 0 Å². The standard InChI is InChI=1S/C12H13F2N3S/c1-3-15-7(2)11-16-17-12(18-11)8-4-9(13)6-10(14)5-8/h4-7,15H,3H2,1-2H3. The van der Waals surface area contributed by atoms with Crippen molar-refractivity contribution >= 4 is 11.3 Å². The SMILES string of the molecule is CCNC(C)c1nnc(-c2cc(F)cc(F)c2)s1. The Bertz CT molecular complexity index is 522. The van der Waals surface area contributed by atoms with Gasteiger partial charge < -0.3 is 5.32 Å². The summed E-state index contributed by atoms with van der Waals surface area (Å²) in [5, 5.41) is 12.5. The third-order valence-electron chi connectivity index (χ3n) is 2.43. The molecule has 18 heavy (non-hydrogen) atoms. The maximum Gasteiger partial charge on any atom is 0.148 e. The van der Waals surface area contributed by atoms with Gasteiger partial charge in [-0.2, -0.15) is 0 Å². The lowest BCUT2D eigenvalue weighted by molar-refractivity contribution is 0.584. The van der Waals surface area contributed by atoms with Gasteiger partial charge in [-0.1, -0.05) is 18.3 Å². The first-order valence-electron chi connectivity index (χ1n) is 5.63. The zero-order valence-corrected chi connectivity index (χ0v) is 10.9. The molecule has 1 atom stereocenters. The highest BCUT2D eigenvalue weighted by Gasteiger charge is 2.13. The number of hydrogen-bond donors (Lipinski definition) is 1. The molecule has 0 fully saturated rings. The molecular weight excluding hydrogens is 256 g/mol. The first-order valence-corrected chi connectivity index (χ1v) is 6.45. The second-order valence-electron chi connectivity index (χ2n) is 3.88. The first kappa shape index (κ1) is 13.0. The van der Waals surface area contributed by atoms with Gasteiger partial charge in [0.1, 0.15) is 21.6 Å². The molecule has 1 N–H and O–H groups in total. The van der Waals surface area contributed by atoms with Gasteiger partial charge in [0, 0.05) is 11.6 Å². The fourth-order valence-corrected chi connectivity index (χ4v) is 2.45. The summed E-state index contributed by atoms with van der Waals surface area (Å²) in [6.07, 6.45) is 0. The minimum absolute atomic E-state index is 0.0830. The van der Waals surface area contributed by atoms with Crippen molar-refractivity contribution in [3.05, 3.63) is 34.8 Å². The van der Waals surface area contributed by atoms with Crippen molar-refractivity contribution in [1.29, 1.82) is 0 Å². The summed E-state index contributed by atoms with van der Waals surface area (Å²) in [5.41, 5.74) is 0.417. The van der Waals surface area contributed by atoms with Crippen molar-refractivity contribution in [2.45, 2.75) is 19.9 Å². The van der Waals surface area contributed by atoms with E-state index in [0.717, 1.165) is 17.6 Å². The highest BCUT2D eigenvalue weighted by molar-refractivity contribution is 7.14. The molecule has 0 amide bonds. The summed E-state index contributed by atoms with van der Waals surface area (Å²) < 4.78 is 26.2. The summed E-state index contributed by atoms with van der Waals surface area (Å²) in [5.74, 6) is -1.22. The number of aromatic nitrogens is 2. The maximum atomic E-state index is 13.1. The van der Waals surface area contributed by atoms with Crippen molar-refractivity contribution in [2.75, 3.05) is 6.54 Å². The van der Waals surface area contributed by atoms with Crippen LogP contribution in [-0.4, -0.2) is 16.7 Å². The Balaban J connectivity index is 2.29. The van der Waals surface area contributed by atoms with E-state index in [0.29, 0.717) is 10.6 Å². The molecule has 1 aromatic carbocycles. The number of nitrogens with zero attached hydrogens (tertiary/aromatic N) is 2. The molecule has 1 aromatic heterocycles. The fraction of sp³-hybridized carbons (Fsp3) is 0.333. The van der Waals surface area contributed by atoms with Crippen LogP contribution in [0, 0.1) is 11.6 Å². The Morgan fingerprint density at radius 2 is 1.89 bits per heavy atom. The molecule has 0 bridgehead atoms. The summed E-state index contributed by atoms with van der Waals surface area (Å²) in [4.78, 5) is 0. The topological polar surface area (TPSA) is 37.8 Å². The number of rotatable bonds is 4. The average molecular weight is 269 g/mol. The molecule has 0 radical (unpaired) electrons. The minimum Gasteiger partial charge on any atom is -0.308 e. The summed E-state index contributed by atoms with van der Waals surface area (Å²) in [6, 6.07) is 3.43. The number of benzene rings is 1. The zero-order valence-electron chi connectivity index (χ0n) is 10.1. The monoisotopic (exact) mass is 269 g/mol. The van der Waals surface area contributed by atoms with E-state index in [2.05, 4.69) is 15.5 Å². The van der Waals surface area contributed by atoms with E-state index in [1.807, 2.05) is 13.8 Å². The summed E-state index contributed by atoms with van der Waals surface area (Å²) in [7, 11) is 0. The van der Waals surface area contributed by atoms with Crippen LogP contribution in [0.3, 0.4) is 0 Å². The van der Waals surface area contributed by atoms with Crippen molar-refractivity contribution in [3.8, 4) is 10.6 Å². The smallest absolute Gasteiger partial charge is 0.148 e. The molecule has 0 aliphatic carbocycles. The third-order valence-corrected chi connectivity index (χ3v) is 3.59. The van der Waals surface area contributed by atoms with Crippen LogP contribution in [0.25, 0.3) is 10.6 Å². The third kappa shape index (κ3) is 2.88. The van der Waals surface area contributed by atoms with Crippen LogP contribution < -0.4 is 5.32 Å². The van der Waals surface area contributed by atoms with Crippen molar-refractivity contribution < 1.29 is 8.78 Å². The molecule has 96 valence electrons. The summed E-state index contributed by atoms with van der Waals surface area (Å²) >= 11 is 1.33. The lowest BCUT2D eigenvalue weighted by Crippen LogP contribution is -2.17. The minimum atomic E-state index is -0.610. The van der Waals surface area contributed by atoms with Gasteiger partial charge in [0.2, 0.25) is 0 Å². The van der Waals surface area contributed by atoms with Crippen molar-refractivity contribution in [1.82, 2.24) is 15.5 Å². The molecule has 1 unspecified atom stereocenters. The molecule has 0 aliphatic heterocycles. The predicted octanol–water partition coefficient (Wildman–Crippen LogP) is 3.15. The Morgan fingerprint density at radius 1 is 1.22 bits per heavy atom. The van der Waals surface area contributed by atoms with Gasteiger partial charge in [-0.25, -0.2) is 8.78 Å². The first-order chi connectivity index (χ1) is 8.60. The van der Waals surface area contributed by atoms with E-state index in [1.165, 1.54) is 23.5 Å².